The molecule has 37 heavy (non-hydrogen) atoms. The highest BCUT2D eigenvalue weighted by Gasteiger charge is 2.33. The van der Waals surface area contributed by atoms with Gasteiger partial charge in [0.25, 0.3) is 5.89 Å². The Labute approximate surface area is 206 Å². The van der Waals surface area contributed by atoms with Crippen molar-refractivity contribution < 1.29 is 26.8 Å². The summed E-state index contributed by atoms with van der Waals surface area (Å²) < 4.78 is 59.9. The van der Waals surface area contributed by atoms with Crippen LogP contribution in [0.4, 0.5) is 23.6 Å². The number of halogens is 4. The van der Waals surface area contributed by atoms with Crippen LogP contribution in [-0.4, -0.2) is 43.3 Å². The third-order valence-electron chi connectivity index (χ3n) is 5.61. The first-order chi connectivity index (χ1) is 17.7. The first-order valence-corrected chi connectivity index (χ1v) is 11.0. The summed E-state index contributed by atoms with van der Waals surface area (Å²) in [6, 6.07) is 5.08. The third-order valence-corrected chi connectivity index (χ3v) is 5.61. The van der Waals surface area contributed by atoms with Crippen molar-refractivity contribution in [3.63, 3.8) is 0 Å². The van der Waals surface area contributed by atoms with Gasteiger partial charge in [0, 0.05) is 54.3 Å². The summed E-state index contributed by atoms with van der Waals surface area (Å²) in [6.07, 6.45) is -0.645. The molecule has 0 unspecified atom stereocenters. The molecular weight excluding hydrogens is 494 g/mol. The quantitative estimate of drug-likeness (QED) is 0.394. The van der Waals surface area contributed by atoms with E-state index in [1.54, 1.807) is 6.07 Å². The second-order valence-corrected chi connectivity index (χ2v) is 8.05. The molecule has 0 radical (unpaired) electrons. The van der Waals surface area contributed by atoms with Crippen LogP contribution in [0.2, 0.25) is 0 Å². The highest BCUT2D eigenvalue weighted by molar-refractivity contribution is 5.95. The number of ketones is 1. The lowest BCUT2D eigenvalue weighted by atomic mass is 10.0. The number of hydrogen-bond acceptors (Lipinski definition) is 9. The van der Waals surface area contributed by atoms with Gasteiger partial charge in [-0.3, -0.25) is 9.79 Å². The van der Waals surface area contributed by atoms with Crippen molar-refractivity contribution in [2.45, 2.75) is 32.1 Å². The molecule has 1 aromatic carbocycles. The van der Waals surface area contributed by atoms with Crippen molar-refractivity contribution >= 4 is 18.0 Å². The van der Waals surface area contributed by atoms with Gasteiger partial charge in [0.1, 0.15) is 17.3 Å². The van der Waals surface area contributed by atoms with E-state index >= 15 is 0 Å². The summed E-state index contributed by atoms with van der Waals surface area (Å²) in [5.41, 5.74) is -0.0232. The van der Waals surface area contributed by atoms with Gasteiger partial charge in [-0.15, -0.1) is 5.10 Å². The molecule has 0 fully saturated rings. The van der Waals surface area contributed by atoms with Crippen LogP contribution >= 0.6 is 0 Å². The molecule has 1 N–H and O–H groups in total. The van der Waals surface area contributed by atoms with E-state index in [0.717, 1.165) is 6.07 Å². The zero-order valence-electron chi connectivity index (χ0n) is 19.1. The predicted octanol–water partition coefficient (Wildman–Crippen LogP) is 4.29. The first kappa shape index (κ1) is 24.2. The number of nitrogens with one attached hydrogen (secondary N) is 1. The number of aliphatic imine (C=N–C) groups is 1. The molecule has 4 heterocycles. The van der Waals surface area contributed by atoms with E-state index < -0.39 is 29.5 Å². The molecule has 13 heteroatoms. The Balaban J connectivity index is 1.46. The number of Topliss-reactive ketones (excluding diaryl/α,β-unsaturated/α-hetero) is 1. The zero-order chi connectivity index (χ0) is 26.2. The second-order valence-electron chi connectivity index (χ2n) is 8.05. The number of aromatic nitrogens is 5. The maximum atomic E-state index is 14.1. The van der Waals surface area contributed by atoms with Crippen molar-refractivity contribution in [1.82, 2.24) is 25.1 Å². The maximum Gasteiger partial charge on any atom is 0.417 e. The van der Waals surface area contributed by atoms with E-state index in [2.05, 4.69) is 35.5 Å². The van der Waals surface area contributed by atoms with Gasteiger partial charge >= 0.3 is 12.2 Å². The van der Waals surface area contributed by atoms with Crippen LogP contribution in [0.3, 0.4) is 0 Å². The zero-order valence-corrected chi connectivity index (χ0v) is 19.1. The Morgan fingerprint density at radius 1 is 1.11 bits per heavy atom. The Morgan fingerprint density at radius 2 is 1.89 bits per heavy atom. The number of fused-ring (bicyclic) bond motifs is 1. The highest BCUT2D eigenvalue weighted by atomic mass is 19.4. The van der Waals surface area contributed by atoms with Gasteiger partial charge in [-0.05, 0) is 17.7 Å². The number of benzene rings is 1. The lowest BCUT2D eigenvalue weighted by molar-refractivity contribution is -0.137. The van der Waals surface area contributed by atoms with Crippen LogP contribution in [0.5, 0.6) is 0 Å². The number of alkyl halides is 3. The largest absolute Gasteiger partial charge is 0.417 e. The average Bonchev–Trinajstić information content (AvgIpc) is 3.29. The van der Waals surface area contributed by atoms with E-state index in [1.807, 2.05) is 6.92 Å². The molecule has 0 bridgehead atoms. The number of carbonyl (C=O) groups is 1. The van der Waals surface area contributed by atoms with E-state index in [0.29, 0.717) is 24.0 Å². The SMILES string of the molecule is CCc1ncc(-c2cc(C(F)(F)F)cnc2-c2nnc(N[C@H]3N=Cc4cccc(F)c4CC3=O)o2)cn1. The van der Waals surface area contributed by atoms with Gasteiger partial charge < -0.3 is 9.73 Å². The lowest BCUT2D eigenvalue weighted by Gasteiger charge is -2.11. The maximum absolute atomic E-state index is 14.1. The molecule has 1 aliphatic heterocycles. The lowest BCUT2D eigenvalue weighted by Crippen LogP contribution is -2.28. The Morgan fingerprint density at radius 3 is 2.62 bits per heavy atom. The fourth-order valence-corrected chi connectivity index (χ4v) is 3.69. The van der Waals surface area contributed by atoms with Crippen LogP contribution in [0, 0.1) is 5.82 Å². The summed E-state index contributed by atoms with van der Waals surface area (Å²) in [6.45, 7) is 1.84. The predicted molar refractivity (Wildman–Crippen MR) is 123 cm³/mol. The summed E-state index contributed by atoms with van der Waals surface area (Å²) in [5, 5.41) is 10.4. The second kappa shape index (κ2) is 9.48. The van der Waals surface area contributed by atoms with E-state index in [1.165, 1.54) is 30.7 Å². The van der Waals surface area contributed by atoms with Crippen molar-refractivity contribution in [2.24, 2.45) is 4.99 Å². The summed E-state index contributed by atoms with van der Waals surface area (Å²) >= 11 is 0. The topological polar surface area (TPSA) is 119 Å². The fraction of sp³-hybridized carbons (Fsp3) is 0.208. The Kier molecular flexibility index (Phi) is 6.19. The molecule has 1 aliphatic rings. The van der Waals surface area contributed by atoms with Gasteiger partial charge in [0.05, 0.1) is 5.56 Å². The van der Waals surface area contributed by atoms with Gasteiger partial charge in [0.15, 0.2) is 11.9 Å². The summed E-state index contributed by atoms with van der Waals surface area (Å²) in [7, 11) is 0. The fourth-order valence-electron chi connectivity index (χ4n) is 3.69. The number of hydrogen-bond donors (Lipinski definition) is 1. The first-order valence-electron chi connectivity index (χ1n) is 11.0. The number of rotatable bonds is 5. The third kappa shape index (κ3) is 4.92. The molecule has 5 rings (SSSR count). The molecular formula is C24H17F4N7O2. The van der Waals surface area contributed by atoms with Crippen LogP contribution < -0.4 is 5.32 Å². The summed E-state index contributed by atoms with van der Waals surface area (Å²) in [5.74, 6) is -0.647. The van der Waals surface area contributed by atoms with Gasteiger partial charge in [0.2, 0.25) is 0 Å². The molecule has 4 aromatic rings. The van der Waals surface area contributed by atoms with E-state index in [-0.39, 0.29) is 40.7 Å². The number of aryl methyl sites for hydroxylation is 1. The Bertz CT molecular complexity index is 1500. The number of nitrogens with zero attached hydrogens (tertiary/aromatic N) is 6. The molecule has 188 valence electrons. The van der Waals surface area contributed by atoms with Gasteiger partial charge in [-0.1, -0.05) is 24.2 Å². The minimum Gasteiger partial charge on any atom is -0.402 e. The molecule has 0 saturated carbocycles. The van der Waals surface area contributed by atoms with Crippen molar-refractivity contribution in [1.29, 1.82) is 0 Å². The van der Waals surface area contributed by atoms with Gasteiger partial charge in [-0.2, -0.15) is 13.2 Å². The monoisotopic (exact) mass is 511 g/mol. The van der Waals surface area contributed by atoms with Crippen LogP contribution in [-0.2, 0) is 23.8 Å². The van der Waals surface area contributed by atoms with Crippen LogP contribution in [0.1, 0.15) is 29.4 Å². The van der Waals surface area contributed by atoms with Crippen molar-refractivity contribution in [2.75, 3.05) is 5.32 Å². The molecule has 0 spiro atoms. The summed E-state index contributed by atoms with van der Waals surface area (Å²) in [4.78, 5) is 29.0. The van der Waals surface area contributed by atoms with E-state index in [9.17, 15) is 22.4 Å². The Hall–Kier alpha value is -4.55. The molecule has 9 nitrogen and oxygen atoms in total. The standard InChI is InChI=1S/C24H17F4N7O2/c1-2-19-29-9-13(10-30-19)16-6-14(24(26,27)28)11-31-20(16)22-34-35-23(37-22)33-21-18(36)7-15-12(8-32-21)4-3-5-17(15)25/h3-6,8-11,21H,2,7H2,1H3,(H,33,35)/t21-/m1/s1. The smallest absolute Gasteiger partial charge is 0.402 e. The number of pyridine rings is 1. The molecule has 3 aromatic heterocycles. The van der Waals surface area contributed by atoms with Crippen LogP contribution in [0.25, 0.3) is 22.7 Å². The normalized spacial score (nSPS) is 15.4. The molecule has 0 aliphatic carbocycles. The van der Waals surface area contributed by atoms with Gasteiger partial charge in [-0.25, -0.2) is 19.3 Å². The molecule has 0 saturated heterocycles. The minimum absolute atomic E-state index is 0.0298. The molecule has 1 atom stereocenters. The highest BCUT2D eigenvalue weighted by Crippen LogP contribution is 2.36. The molecule has 0 amide bonds. The van der Waals surface area contributed by atoms with Crippen molar-refractivity contribution in [3.05, 3.63) is 71.2 Å². The van der Waals surface area contributed by atoms with Crippen molar-refractivity contribution in [3.8, 4) is 22.7 Å². The number of anilines is 1. The number of carbonyl (C=O) groups excluding carboxylic acids is 1. The van der Waals surface area contributed by atoms with Crippen LogP contribution in [0.15, 0.2) is 52.3 Å². The van der Waals surface area contributed by atoms with E-state index in [4.69, 9.17) is 4.42 Å². The average molecular weight is 511 g/mol. The minimum atomic E-state index is -4.64.